The molecule has 2 aromatic rings. The third-order valence-corrected chi connectivity index (χ3v) is 3.50. The molecule has 0 spiro atoms. The second-order valence-electron chi connectivity index (χ2n) is 4.56. The van der Waals surface area contributed by atoms with Gasteiger partial charge < -0.3 is 5.11 Å². The molecule has 0 aromatic heterocycles. The van der Waals surface area contributed by atoms with Crippen LogP contribution < -0.4 is 5.43 Å². The van der Waals surface area contributed by atoms with Crippen LogP contribution in [0.5, 0.6) is 5.75 Å². The SMILES string of the molecule is O=C(N/N=C/c1c(C(F)(F)F)ccc(Cl)c1O)c1ccc(Cl)cc1. The first-order valence-corrected chi connectivity index (χ1v) is 7.13. The molecule has 2 rings (SSSR count). The van der Waals surface area contributed by atoms with Gasteiger partial charge in [-0.3, -0.25) is 4.79 Å². The van der Waals surface area contributed by atoms with Gasteiger partial charge in [-0.2, -0.15) is 18.3 Å². The van der Waals surface area contributed by atoms with E-state index in [1.807, 2.05) is 0 Å². The summed E-state index contributed by atoms with van der Waals surface area (Å²) in [7, 11) is 0. The van der Waals surface area contributed by atoms with Gasteiger partial charge in [0.2, 0.25) is 0 Å². The number of hydrogen-bond acceptors (Lipinski definition) is 3. The molecule has 0 unspecified atom stereocenters. The number of carbonyl (C=O) groups excluding carboxylic acids is 1. The number of alkyl halides is 3. The number of nitrogens with zero attached hydrogens (tertiary/aromatic N) is 1. The van der Waals surface area contributed by atoms with E-state index < -0.39 is 29.0 Å². The highest BCUT2D eigenvalue weighted by Gasteiger charge is 2.34. The lowest BCUT2D eigenvalue weighted by atomic mass is 10.1. The Hall–Kier alpha value is -2.25. The number of amides is 1. The number of benzene rings is 2. The molecule has 0 radical (unpaired) electrons. The van der Waals surface area contributed by atoms with Gasteiger partial charge in [0, 0.05) is 10.6 Å². The monoisotopic (exact) mass is 376 g/mol. The number of aromatic hydroxyl groups is 1. The Labute approximate surface area is 144 Å². The highest BCUT2D eigenvalue weighted by Crippen LogP contribution is 2.38. The Balaban J connectivity index is 2.24. The molecule has 0 aliphatic heterocycles. The van der Waals surface area contributed by atoms with Crippen molar-refractivity contribution in [3.63, 3.8) is 0 Å². The second kappa shape index (κ2) is 7.11. The van der Waals surface area contributed by atoms with E-state index in [0.717, 1.165) is 6.07 Å². The third-order valence-electron chi connectivity index (χ3n) is 2.94. The lowest BCUT2D eigenvalue weighted by Crippen LogP contribution is -2.18. The van der Waals surface area contributed by atoms with Crippen molar-refractivity contribution in [3.05, 3.63) is 63.1 Å². The molecule has 0 atom stereocenters. The zero-order chi connectivity index (χ0) is 17.9. The predicted molar refractivity (Wildman–Crippen MR) is 84.6 cm³/mol. The molecule has 0 aliphatic rings. The minimum atomic E-state index is -4.72. The van der Waals surface area contributed by atoms with Gasteiger partial charge in [-0.1, -0.05) is 23.2 Å². The second-order valence-corrected chi connectivity index (χ2v) is 5.40. The third kappa shape index (κ3) is 4.18. The number of phenolic OH excluding ortho intramolecular Hbond substituents is 1. The van der Waals surface area contributed by atoms with Crippen LogP contribution in [0.3, 0.4) is 0 Å². The highest BCUT2D eigenvalue weighted by molar-refractivity contribution is 6.32. The van der Waals surface area contributed by atoms with Crippen LogP contribution in [-0.4, -0.2) is 17.2 Å². The van der Waals surface area contributed by atoms with Crippen molar-refractivity contribution >= 4 is 35.3 Å². The largest absolute Gasteiger partial charge is 0.506 e. The summed E-state index contributed by atoms with van der Waals surface area (Å²) in [4.78, 5) is 11.8. The smallest absolute Gasteiger partial charge is 0.417 e. The first-order chi connectivity index (χ1) is 11.2. The topological polar surface area (TPSA) is 61.7 Å². The summed E-state index contributed by atoms with van der Waals surface area (Å²) >= 11 is 11.3. The number of nitrogens with one attached hydrogen (secondary N) is 1. The molecule has 2 aromatic carbocycles. The molecule has 0 saturated carbocycles. The summed E-state index contributed by atoms with van der Waals surface area (Å²) in [5.74, 6) is -1.44. The van der Waals surface area contributed by atoms with Gasteiger partial charge in [-0.25, -0.2) is 5.43 Å². The number of hydrogen-bond donors (Lipinski definition) is 2. The van der Waals surface area contributed by atoms with E-state index in [0.29, 0.717) is 17.3 Å². The molecule has 9 heteroatoms. The van der Waals surface area contributed by atoms with Crippen LogP contribution in [0.1, 0.15) is 21.5 Å². The number of rotatable bonds is 3. The minimum Gasteiger partial charge on any atom is -0.506 e. The lowest BCUT2D eigenvalue weighted by molar-refractivity contribution is -0.137. The van der Waals surface area contributed by atoms with Crippen molar-refractivity contribution in [1.82, 2.24) is 5.43 Å². The summed E-state index contributed by atoms with van der Waals surface area (Å²) in [6, 6.07) is 7.43. The molecule has 0 bridgehead atoms. The first-order valence-electron chi connectivity index (χ1n) is 6.38. The van der Waals surface area contributed by atoms with Gasteiger partial charge in [0.15, 0.2) is 0 Å². The summed E-state index contributed by atoms with van der Waals surface area (Å²) in [5.41, 5.74) is 0.492. The molecule has 0 fully saturated rings. The molecule has 126 valence electrons. The fourth-order valence-electron chi connectivity index (χ4n) is 1.78. The van der Waals surface area contributed by atoms with E-state index in [1.165, 1.54) is 24.3 Å². The average molecular weight is 377 g/mol. The van der Waals surface area contributed by atoms with Gasteiger partial charge >= 0.3 is 6.18 Å². The Bertz CT molecular complexity index is 791. The van der Waals surface area contributed by atoms with Crippen LogP contribution >= 0.6 is 23.2 Å². The molecule has 0 saturated heterocycles. The summed E-state index contributed by atoms with van der Waals surface area (Å²) < 4.78 is 38.8. The fraction of sp³-hybridized carbons (Fsp3) is 0.0667. The minimum absolute atomic E-state index is 0.211. The first kappa shape index (κ1) is 18.1. The van der Waals surface area contributed by atoms with Crippen molar-refractivity contribution in [2.75, 3.05) is 0 Å². The Morgan fingerprint density at radius 2 is 1.75 bits per heavy atom. The van der Waals surface area contributed by atoms with E-state index in [9.17, 15) is 23.1 Å². The average Bonchev–Trinajstić information content (AvgIpc) is 2.50. The van der Waals surface area contributed by atoms with Crippen LogP contribution in [-0.2, 0) is 6.18 Å². The maximum absolute atomic E-state index is 12.9. The maximum atomic E-state index is 12.9. The molecule has 0 heterocycles. The Morgan fingerprint density at radius 1 is 1.12 bits per heavy atom. The van der Waals surface area contributed by atoms with Crippen LogP contribution in [0.4, 0.5) is 13.2 Å². The predicted octanol–water partition coefficient (Wildman–Crippen LogP) is 4.48. The quantitative estimate of drug-likeness (QED) is 0.612. The van der Waals surface area contributed by atoms with Crippen molar-refractivity contribution in [2.45, 2.75) is 6.18 Å². The summed E-state index contributed by atoms with van der Waals surface area (Å²) in [6.07, 6.45) is -4.04. The molecular weight excluding hydrogens is 368 g/mol. The molecule has 4 nitrogen and oxygen atoms in total. The van der Waals surface area contributed by atoms with Gasteiger partial charge in [-0.15, -0.1) is 0 Å². The van der Waals surface area contributed by atoms with E-state index in [2.05, 4.69) is 10.5 Å². The van der Waals surface area contributed by atoms with Crippen molar-refractivity contribution in [2.24, 2.45) is 5.10 Å². The standard InChI is InChI=1S/C15H9Cl2F3N2O2/c16-9-3-1-8(2-4-9)14(24)22-21-7-10-11(15(18,19)20)5-6-12(17)13(10)23/h1-7,23H,(H,22,24)/b21-7+. The number of halogens is 5. The van der Waals surface area contributed by atoms with Crippen LogP contribution in [0.2, 0.25) is 10.0 Å². The van der Waals surface area contributed by atoms with E-state index in [-0.39, 0.29) is 10.6 Å². The highest BCUT2D eigenvalue weighted by atomic mass is 35.5. The molecule has 24 heavy (non-hydrogen) atoms. The number of phenols is 1. The van der Waals surface area contributed by atoms with Crippen molar-refractivity contribution in [1.29, 1.82) is 0 Å². The van der Waals surface area contributed by atoms with Gasteiger partial charge in [0.1, 0.15) is 5.75 Å². The number of hydrazone groups is 1. The van der Waals surface area contributed by atoms with E-state index in [1.54, 1.807) is 0 Å². The van der Waals surface area contributed by atoms with Crippen LogP contribution in [0.15, 0.2) is 41.5 Å². The van der Waals surface area contributed by atoms with Crippen molar-refractivity contribution in [3.8, 4) is 5.75 Å². The zero-order valence-corrected chi connectivity index (χ0v) is 13.2. The van der Waals surface area contributed by atoms with Gasteiger partial charge in [0.05, 0.1) is 22.4 Å². The van der Waals surface area contributed by atoms with Gasteiger partial charge in [-0.05, 0) is 36.4 Å². The number of carbonyl (C=O) groups is 1. The molecule has 0 aliphatic carbocycles. The molecule has 2 N–H and O–H groups in total. The van der Waals surface area contributed by atoms with E-state index in [4.69, 9.17) is 23.2 Å². The van der Waals surface area contributed by atoms with Crippen LogP contribution in [0, 0.1) is 0 Å². The summed E-state index contributed by atoms with van der Waals surface area (Å²) in [5, 5.41) is 13.3. The lowest BCUT2D eigenvalue weighted by Gasteiger charge is -2.12. The normalized spacial score (nSPS) is 11.7. The fourth-order valence-corrected chi connectivity index (χ4v) is 2.07. The Kier molecular flexibility index (Phi) is 5.36. The maximum Gasteiger partial charge on any atom is 0.417 e. The Morgan fingerprint density at radius 3 is 2.33 bits per heavy atom. The van der Waals surface area contributed by atoms with Crippen LogP contribution in [0.25, 0.3) is 0 Å². The van der Waals surface area contributed by atoms with Gasteiger partial charge in [0.25, 0.3) is 5.91 Å². The van der Waals surface area contributed by atoms with E-state index >= 15 is 0 Å². The zero-order valence-electron chi connectivity index (χ0n) is 11.7. The molecule has 1 amide bonds. The summed E-state index contributed by atoms with van der Waals surface area (Å²) in [6.45, 7) is 0. The van der Waals surface area contributed by atoms with Crippen molar-refractivity contribution < 1.29 is 23.1 Å². The molecular formula is C15H9Cl2F3N2O2.